The van der Waals surface area contributed by atoms with E-state index in [1.807, 2.05) is 48.2 Å². The highest BCUT2D eigenvalue weighted by molar-refractivity contribution is 7.15. The van der Waals surface area contributed by atoms with Crippen molar-refractivity contribution < 1.29 is 4.79 Å². The fourth-order valence-electron chi connectivity index (χ4n) is 2.24. The summed E-state index contributed by atoms with van der Waals surface area (Å²) in [6, 6.07) is 5.85. The van der Waals surface area contributed by atoms with Crippen molar-refractivity contribution in [2.75, 3.05) is 0 Å². The number of fused-ring (bicyclic) bond motifs is 1. The summed E-state index contributed by atoms with van der Waals surface area (Å²) in [7, 11) is 0. The molecular formula is C15H15N3OS. The van der Waals surface area contributed by atoms with Crippen molar-refractivity contribution in [3.05, 3.63) is 58.4 Å². The Kier molecular flexibility index (Phi) is 3.28. The number of thiazole rings is 1. The summed E-state index contributed by atoms with van der Waals surface area (Å²) in [6.07, 6.45) is 3.90. The van der Waals surface area contributed by atoms with Gasteiger partial charge in [0.05, 0.1) is 12.2 Å². The van der Waals surface area contributed by atoms with E-state index in [9.17, 15) is 4.79 Å². The van der Waals surface area contributed by atoms with E-state index in [1.54, 1.807) is 11.3 Å². The van der Waals surface area contributed by atoms with Gasteiger partial charge < -0.3 is 5.32 Å². The Bertz CT molecular complexity index is 724. The Morgan fingerprint density at radius 3 is 2.75 bits per heavy atom. The Balaban J connectivity index is 1.71. The van der Waals surface area contributed by atoms with Crippen LogP contribution in [0.5, 0.6) is 0 Å². The molecular weight excluding hydrogens is 270 g/mol. The lowest BCUT2D eigenvalue weighted by Crippen LogP contribution is -2.23. The van der Waals surface area contributed by atoms with Gasteiger partial charge in [0.2, 0.25) is 0 Å². The zero-order valence-corrected chi connectivity index (χ0v) is 12.2. The van der Waals surface area contributed by atoms with E-state index in [2.05, 4.69) is 16.4 Å². The van der Waals surface area contributed by atoms with Gasteiger partial charge in [0, 0.05) is 23.3 Å². The van der Waals surface area contributed by atoms with Gasteiger partial charge in [-0.25, -0.2) is 4.98 Å². The van der Waals surface area contributed by atoms with E-state index >= 15 is 0 Å². The van der Waals surface area contributed by atoms with E-state index in [0.29, 0.717) is 12.1 Å². The molecule has 0 radical (unpaired) electrons. The van der Waals surface area contributed by atoms with E-state index in [-0.39, 0.29) is 5.91 Å². The van der Waals surface area contributed by atoms with E-state index in [4.69, 9.17) is 0 Å². The van der Waals surface area contributed by atoms with Crippen molar-refractivity contribution in [3.63, 3.8) is 0 Å². The Morgan fingerprint density at radius 1 is 1.30 bits per heavy atom. The first kappa shape index (κ1) is 12.9. The first-order valence-corrected chi connectivity index (χ1v) is 7.27. The van der Waals surface area contributed by atoms with Crippen molar-refractivity contribution in [2.24, 2.45) is 0 Å². The number of nitrogens with zero attached hydrogens (tertiary/aromatic N) is 2. The van der Waals surface area contributed by atoms with Crippen LogP contribution in [0.1, 0.15) is 27.2 Å². The molecule has 4 nitrogen and oxygen atoms in total. The molecule has 0 bridgehead atoms. The van der Waals surface area contributed by atoms with Crippen molar-refractivity contribution in [1.82, 2.24) is 14.7 Å². The monoisotopic (exact) mass is 285 g/mol. The number of hydrogen-bond donors (Lipinski definition) is 1. The number of carbonyl (C=O) groups is 1. The standard InChI is InChI=1S/C15H15N3OS/c1-10-5-11(2)7-12(6-10)14(19)16-8-13-9-18-3-4-20-15(18)17-13/h3-7,9H,8H2,1-2H3,(H,16,19). The fraction of sp³-hybridized carbons (Fsp3) is 0.200. The lowest BCUT2D eigenvalue weighted by atomic mass is 10.1. The van der Waals surface area contributed by atoms with Gasteiger partial charge in [0.25, 0.3) is 5.91 Å². The van der Waals surface area contributed by atoms with E-state index < -0.39 is 0 Å². The molecule has 0 atom stereocenters. The molecule has 20 heavy (non-hydrogen) atoms. The predicted molar refractivity (Wildman–Crippen MR) is 80.2 cm³/mol. The van der Waals surface area contributed by atoms with Crippen LogP contribution in [-0.2, 0) is 6.54 Å². The summed E-state index contributed by atoms with van der Waals surface area (Å²) in [5, 5.41) is 4.90. The van der Waals surface area contributed by atoms with Crippen molar-refractivity contribution in [3.8, 4) is 0 Å². The summed E-state index contributed by atoms with van der Waals surface area (Å²) in [6.45, 7) is 4.43. The molecule has 0 aliphatic carbocycles. The second-order valence-electron chi connectivity index (χ2n) is 4.88. The minimum absolute atomic E-state index is 0.0619. The number of benzene rings is 1. The Labute approximate surface area is 121 Å². The maximum Gasteiger partial charge on any atom is 0.251 e. The molecule has 5 heteroatoms. The van der Waals surface area contributed by atoms with Gasteiger partial charge in [-0.2, -0.15) is 0 Å². The third-order valence-electron chi connectivity index (χ3n) is 3.06. The van der Waals surface area contributed by atoms with Gasteiger partial charge in [-0.05, 0) is 26.0 Å². The van der Waals surface area contributed by atoms with Gasteiger partial charge >= 0.3 is 0 Å². The smallest absolute Gasteiger partial charge is 0.251 e. The molecule has 1 N–H and O–H groups in total. The molecule has 1 aromatic carbocycles. The van der Waals surface area contributed by atoms with Crippen molar-refractivity contribution in [1.29, 1.82) is 0 Å². The molecule has 1 amide bonds. The van der Waals surface area contributed by atoms with Gasteiger partial charge in [0.1, 0.15) is 0 Å². The average molecular weight is 285 g/mol. The van der Waals surface area contributed by atoms with E-state index in [1.165, 1.54) is 0 Å². The van der Waals surface area contributed by atoms with Crippen LogP contribution in [-0.4, -0.2) is 15.3 Å². The zero-order chi connectivity index (χ0) is 14.1. The number of hydrogen-bond acceptors (Lipinski definition) is 3. The topological polar surface area (TPSA) is 46.4 Å². The fourth-order valence-corrected chi connectivity index (χ4v) is 2.96. The highest BCUT2D eigenvalue weighted by Gasteiger charge is 2.08. The van der Waals surface area contributed by atoms with Gasteiger partial charge in [-0.15, -0.1) is 11.3 Å². The molecule has 0 aliphatic rings. The van der Waals surface area contributed by atoms with E-state index in [0.717, 1.165) is 21.8 Å². The van der Waals surface area contributed by atoms with Crippen LogP contribution in [0, 0.1) is 13.8 Å². The number of aryl methyl sites for hydroxylation is 2. The number of amides is 1. The molecule has 102 valence electrons. The molecule has 0 saturated carbocycles. The SMILES string of the molecule is Cc1cc(C)cc(C(=O)NCc2cn3ccsc3n2)c1. The van der Waals surface area contributed by atoms with Gasteiger partial charge in [0.15, 0.2) is 4.96 Å². The Morgan fingerprint density at radius 2 is 2.05 bits per heavy atom. The first-order valence-electron chi connectivity index (χ1n) is 6.39. The number of carbonyl (C=O) groups excluding carboxylic acids is 1. The number of imidazole rings is 1. The largest absolute Gasteiger partial charge is 0.346 e. The van der Waals surface area contributed by atoms with Crippen LogP contribution in [0.2, 0.25) is 0 Å². The van der Waals surface area contributed by atoms with Crippen molar-refractivity contribution >= 4 is 22.2 Å². The van der Waals surface area contributed by atoms with Crippen LogP contribution >= 0.6 is 11.3 Å². The lowest BCUT2D eigenvalue weighted by molar-refractivity contribution is 0.0950. The summed E-state index contributed by atoms with van der Waals surface area (Å²) < 4.78 is 1.96. The minimum atomic E-state index is -0.0619. The third kappa shape index (κ3) is 2.58. The second kappa shape index (κ2) is 5.09. The van der Waals surface area contributed by atoms with Crippen molar-refractivity contribution in [2.45, 2.75) is 20.4 Å². The third-order valence-corrected chi connectivity index (χ3v) is 3.83. The predicted octanol–water partition coefficient (Wildman–Crippen LogP) is 2.94. The van der Waals surface area contributed by atoms with Crippen LogP contribution in [0.3, 0.4) is 0 Å². The number of aromatic nitrogens is 2. The van der Waals surface area contributed by atoms with Crippen LogP contribution in [0.15, 0.2) is 36.0 Å². The van der Waals surface area contributed by atoms with Crippen LogP contribution in [0.25, 0.3) is 4.96 Å². The van der Waals surface area contributed by atoms with Crippen LogP contribution < -0.4 is 5.32 Å². The molecule has 0 fully saturated rings. The maximum atomic E-state index is 12.1. The summed E-state index contributed by atoms with van der Waals surface area (Å²) in [5.41, 5.74) is 3.76. The quantitative estimate of drug-likeness (QED) is 0.804. The highest BCUT2D eigenvalue weighted by atomic mass is 32.1. The Hall–Kier alpha value is -2.14. The molecule has 0 spiro atoms. The molecule has 0 aliphatic heterocycles. The molecule has 2 heterocycles. The zero-order valence-electron chi connectivity index (χ0n) is 11.4. The first-order chi connectivity index (χ1) is 9.61. The van der Waals surface area contributed by atoms with Gasteiger partial charge in [-0.3, -0.25) is 9.20 Å². The van der Waals surface area contributed by atoms with Gasteiger partial charge in [-0.1, -0.05) is 17.2 Å². The molecule has 3 aromatic rings. The average Bonchev–Trinajstić information content (AvgIpc) is 2.95. The second-order valence-corrected chi connectivity index (χ2v) is 5.76. The summed E-state index contributed by atoms with van der Waals surface area (Å²) in [4.78, 5) is 17.5. The normalized spacial score (nSPS) is 10.9. The summed E-state index contributed by atoms with van der Waals surface area (Å²) in [5.74, 6) is -0.0619. The van der Waals surface area contributed by atoms with Crippen LogP contribution in [0.4, 0.5) is 0 Å². The highest BCUT2D eigenvalue weighted by Crippen LogP contribution is 2.12. The number of rotatable bonds is 3. The molecule has 2 aromatic heterocycles. The molecule has 0 saturated heterocycles. The lowest BCUT2D eigenvalue weighted by Gasteiger charge is -2.05. The minimum Gasteiger partial charge on any atom is -0.346 e. The summed E-state index contributed by atoms with van der Waals surface area (Å²) >= 11 is 1.58. The maximum absolute atomic E-state index is 12.1. The number of nitrogens with one attached hydrogen (secondary N) is 1. The molecule has 3 rings (SSSR count). The molecule has 0 unspecified atom stereocenters.